The van der Waals surface area contributed by atoms with Crippen LogP contribution in [0.3, 0.4) is 0 Å². The van der Waals surface area contributed by atoms with Crippen LogP contribution in [0.1, 0.15) is 47.8 Å². The fourth-order valence-corrected chi connectivity index (χ4v) is 3.04. The van der Waals surface area contributed by atoms with E-state index in [1.165, 1.54) is 6.33 Å². The number of hydrogen-bond acceptors (Lipinski definition) is 5. The van der Waals surface area contributed by atoms with E-state index in [-0.39, 0.29) is 0 Å². The number of hydrogen-bond donors (Lipinski definition) is 0. The third kappa shape index (κ3) is 4.19. The molecule has 0 atom stereocenters. The Hall–Kier alpha value is -3.21. The summed E-state index contributed by atoms with van der Waals surface area (Å²) < 4.78 is 0. The third-order valence-electron chi connectivity index (χ3n) is 4.66. The number of benzene rings is 2. The lowest BCUT2D eigenvalue weighted by Gasteiger charge is -2.08. The van der Waals surface area contributed by atoms with Crippen molar-refractivity contribution in [3.63, 3.8) is 0 Å². The zero-order valence-corrected chi connectivity index (χ0v) is 17.3. The summed E-state index contributed by atoms with van der Waals surface area (Å²) in [6, 6.07) is 12.3. The molecule has 0 unspecified atom stereocenters. The smallest absolute Gasteiger partial charge is 0.177 e. The van der Waals surface area contributed by atoms with Crippen molar-refractivity contribution in [2.45, 2.75) is 41.5 Å². The van der Waals surface area contributed by atoms with Crippen LogP contribution in [-0.4, -0.2) is 26.4 Å². The number of rotatable bonds is 4. The lowest BCUT2D eigenvalue weighted by atomic mass is 10.1. The van der Waals surface area contributed by atoms with E-state index < -0.39 is 0 Å². The number of aryl methyl sites for hydroxylation is 4. The Kier molecular flexibility index (Phi) is 5.73. The Bertz CT molecular complexity index is 957. The van der Waals surface area contributed by atoms with Gasteiger partial charge in [0.25, 0.3) is 0 Å². The lowest BCUT2D eigenvalue weighted by Crippen LogP contribution is -2.10. The van der Waals surface area contributed by atoms with Crippen LogP contribution in [-0.2, 0) is 0 Å². The molecule has 0 aliphatic rings. The van der Waals surface area contributed by atoms with Gasteiger partial charge < -0.3 is 0 Å². The van der Waals surface area contributed by atoms with Crippen molar-refractivity contribution in [1.29, 1.82) is 0 Å². The molecule has 2 aromatic carbocycles. The van der Waals surface area contributed by atoms with Crippen LogP contribution in [0.25, 0.3) is 0 Å². The van der Waals surface area contributed by atoms with Crippen LogP contribution < -0.4 is 0 Å². The number of aliphatic imine (C=N–C) groups is 2. The molecule has 0 amide bonds. The van der Waals surface area contributed by atoms with E-state index in [1.807, 2.05) is 26.0 Å². The van der Waals surface area contributed by atoms with E-state index in [0.29, 0.717) is 11.6 Å². The fraction of sp³-hybridized carbons (Fsp3) is 0.261. The van der Waals surface area contributed by atoms with E-state index in [2.05, 4.69) is 66.9 Å². The predicted octanol–water partition coefficient (Wildman–Crippen LogP) is 5.39. The fourth-order valence-electron chi connectivity index (χ4n) is 3.04. The van der Waals surface area contributed by atoms with Gasteiger partial charge in [-0.25, -0.2) is 24.9 Å². The predicted molar refractivity (Wildman–Crippen MR) is 115 cm³/mol. The molecule has 0 spiro atoms. The van der Waals surface area contributed by atoms with Gasteiger partial charge in [0.2, 0.25) is 0 Å². The molecule has 0 aliphatic heterocycles. The third-order valence-corrected chi connectivity index (χ3v) is 4.66. The molecule has 0 fully saturated rings. The summed E-state index contributed by atoms with van der Waals surface area (Å²) in [5, 5.41) is 0. The average molecular weight is 371 g/mol. The van der Waals surface area contributed by atoms with Gasteiger partial charge >= 0.3 is 0 Å². The summed E-state index contributed by atoms with van der Waals surface area (Å²) in [6.07, 6.45) is 1.52. The Morgan fingerprint density at radius 1 is 0.643 bits per heavy atom. The van der Waals surface area contributed by atoms with E-state index in [1.54, 1.807) is 0 Å². The van der Waals surface area contributed by atoms with E-state index in [4.69, 9.17) is 9.98 Å². The van der Waals surface area contributed by atoms with Gasteiger partial charge in [0.15, 0.2) is 11.6 Å². The van der Waals surface area contributed by atoms with Crippen LogP contribution in [0, 0.1) is 27.7 Å². The summed E-state index contributed by atoms with van der Waals surface area (Å²) in [4.78, 5) is 22.8. The molecule has 0 N–H and O–H groups in total. The molecule has 0 bridgehead atoms. The van der Waals surface area contributed by atoms with Crippen LogP contribution in [0.2, 0.25) is 0 Å². The van der Waals surface area contributed by atoms with Crippen molar-refractivity contribution >= 4 is 22.8 Å². The first-order valence-electron chi connectivity index (χ1n) is 9.29. The first kappa shape index (κ1) is 19.5. The molecule has 5 nitrogen and oxygen atoms in total. The average Bonchev–Trinajstić information content (AvgIpc) is 2.67. The van der Waals surface area contributed by atoms with Crippen molar-refractivity contribution < 1.29 is 0 Å². The van der Waals surface area contributed by atoms with Gasteiger partial charge in [-0.3, -0.25) is 0 Å². The van der Waals surface area contributed by atoms with Crippen LogP contribution in [0.5, 0.6) is 0 Å². The molecule has 5 heteroatoms. The van der Waals surface area contributed by atoms with Crippen molar-refractivity contribution in [1.82, 2.24) is 15.0 Å². The maximum atomic E-state index is 4.77. The van der Waals surface area contributed by atoms with E-state index >= 15 is 0 Å². The van der Waals surface area contributed by atoms with Crippen molar-refractivity contribution in [3.8, 4) is 0 Å². The Morgan fingerprint density at radius 3 is 1.36 bits per heavy atom. The quantitative estimate of drug-likeness (QED) is 0.578. The summed E-state index contributed by atoms with van der Waals surface area (Å²) in [5.74, 6) is 1.12. The van der Waals surface area contributed by atoms with Crippen molar-refractivity contribution in [3.05, 3.63) is 76.6 Å². The number of aromatic nitrogens is 3. The molecule has 1 heterocycles. The summed E-state index contributed by atoms with van der Waals surface area (Å²) in [5.41, 5.74) is 7.93. The molecular weight excluding hydrogens is 346 g/mol. The highest BCUT2D eigenvalue weighted by molar-refractivity contribution is 6.00. The van der Waals surface area contributed by atoms with Gasteiger partial charge in [-0.05, 0) is 63.8 Å². The summed E-state index contributed by atoms with van der Waals surface area (Å²) in [7, 11) is 0. The first-order chi connectivity index (χ1) is 13.4. The van der Waals surface area contributed by atoms with Crippen LogP contribution in [0.15, 0.2) is 52.7 Å². The van der Waals surface area contributed by atoms with E-state index in [9.17, 15) is 0 Å². The van der Waals surface area contributed by atoms with Gasteiger partial charge in [0.1, 0.15) is 6.33 Å². The molecule has 0 aliphatic carbocycles. The Morgan fingerprint density at radius 2 is 1.00 bits per heavy atom. The van der Waals surface area contributed by atoms with Gasteiger partial charge in [0.05, 0.1) is 22.8 Å². The standard InChI is InChI=1S/C23H25N5/c1-14-9-7-10-15(2)20(14)26-18(5)22-24-13-25-23(28-22)19(6)27-21-16(3)11-8-12-17(21)4/h7-13H,1-6H3. The number of nitrogens with zero attached hydrogens (tertiary/aromatic N) is 5. The molecule has 142 valence electrons. The molecule has 28 heavy (non-hydrogen) atoms. The maximum absolute atomic E-state index is 4.77. The number of para-hydroxylation sites is 2. The van der Waals surface area contributed by atoms with Gasteiger partial charge in [-0.2, -0.15) is 0 Å². The summed E-state index contributed by atoms with van der Waals surface area (Å²) >= 11 is 0. The van der Waals surface area contributed by atoms with Gasteiger partial charge in [-0.1, -0.05) is 36.4 Å². The molecule has 0 saturated carbocycles. The second-order valence-electron chi connectivity index (χ2n) is 7.01. The minimum atomic E-state index is 0.559. The Labute approximate surface area is 166 Å². The topological polar surface area (TPSA) is 63.4 Å². The van der Waals surface area contributed by atoms with E-state index in [0.717, 1.165) is 45.1 Å². The van der Waals surface area contributed by atoms with Gasteiger partial charge in [-0.15, -0.1) is 0 Å². The highest BCUT2D eigenvalue weighted by Crippen LogP contribution is 2.25. The van der Waals surface area contributed by atoms with Crippen molar-refractivity contribution in [2.24, 2.45) is 9.98 Å². The minimum absolute atomic E-state index is 0.559. The van der Waals surface area contributed by atoms with Gasteiger partial charge in [0, 0.05) is 0 Å². The highest BCUT2D eigenvalue weighted by atomic mass is 15.0. The lowest BCUT2D eigenvalue weighted by molar-refractivity contribution is 1.000. The maximum Gasteiger partial charge on any atom is 0.177 e. The molecular formula is C23H25N5. The molecule has 0 saturated heterocycles. The second-order valence-corrected chi connectivity index (χ2v) is 7.01. The molecule has 1 aromatic heterocycles. The summed E-state index contributed by atoms with van der Waals surface area (Å²) in [6.45, 7) is 12.1. The first-order valence-corrected chi connectivity index (χ1v) is 9.29. The minimum Gasteiger partial charge on any atom is -0.249 e. The monoisotopic (exact) mass is 371 g/mol. The SMILES string of the molecule is CC(=Nc1c(C)cccc1C)c1ncnc(C(C)=Nc2c(C)cccc2C)n1. The Balaban J connectivity index is 1.98. The zero-order chi connectivity index (χ0) is 20.3. The highest BCUT2D eigenvalue weighted by Gasteiger charge is 2.10. The van der Waals surface area contributed by atoms with Crippen LogP contribution >= 0.6 is 0 Å². The normalized spacial score (nSPS) is 12.4. The van der Waals surface area contributed by atoms with Crippen LogP contribution in [0.4, 0.5) is 11.4 Å². The van der Waals surface area contributed by atoms with Crippen molar-refractivity contribution in [2.75, 3.05) is 0 Å². The molecule has 3 aromatic rings. The zero-order valence-electron chi connectivity index (χ0n) is 17.3. The molecule has 0 radical (unpaired) electrons. The molecule has 3 rings (SSSR count). The largest absolute Gasteiger partial charge is 0.249 e. The second kappa shape index (κ2) is 8.21.